The molecule has 19 heavy (non-hydrogen) atoms. The third-order valence-corrected chi connectivity index (χ3v) is 3.18. The van der Waals surface area contributed by atoms with Crippen LogP contribution >= 0.6 is 15.9 Å². The van der Waals surface area contributed by atoms with Crippen LogP contribution in [0.3, 0.4) is 0 Å². The molecule has 0 radical (unpaired) electrons. The maximum absolute atomic E-state index is 9.13. The summed E-state index contributed by atoms with van der Waals surface area (Å²) in [4.78, 5) is 0. The second-order valence-electron chi connectivity index (χ2n) is 4.08. The van der Waals surface area contributed by atoms with Crippen LogP contribution < -0.4 is 9.47 Å². The molecule has 1 N–H and O–H groups in total. The van der Waals surface area contributed by atoms with Crippen molar-refractivity contribution in [3.63, 3.8) is 0 Å². The highest BCUT2D eigenvalue weighted by Gasteiger charge is 2.11. The Kier molecular flexibility index (Phi) is 7.86. The summed E-state index contributed by atoms with van der Waals surface area (Å²) in [5.74, 6) is 1.24. The van der Waals surface area contributed by atoms with Crippen LogP contribution in [0.15, 0.2) is 16.6 Å². The van der Waals surface area contributed by atoms with Gasteiger partial charge in [0.2, 0.25) is 0 Å². The van der Waals surface area contributed by atoms with Gasteiger partial charge in [-0.2, -0.15) is 0 Å². The number of aliphatic hydroxyl groups excluding tert-OH is 1. The van der Waals surface area contributed by atoms with Gasteiger partial charge < -0.3 is 19.3 Å². The van der Waals surface area contributed by atoms with Crippen LogP contribution in [0.2, 0.25) is 0 Å². The van der Waals surface area contributed by atoms with Gasteiger partial charge in [0.1, 0.15) is 6.61 Å². The molecule has 0 atom stereocenters. The summed E-state index contributed by atoms with van der Waals surface area (Å²) < 4.78 is 17.1. The highest BCUT2D eigenvalue weighted by atomic mass is 79.9. The highest BCUT2D eigenvalue weighted by Crippen LogP contribution is 2.36. The van der Waals surface area contributed by atoms with E-state index in [0.717, 1.165) is 29.5 Å². The lowest BCUT2D eigenvalue weighted by atomic mass is 10.2. The average Bonchev–Trinajstić information content (AvgIpc) is 2.43. The zero-order chi connectivity index (χ0) is 14.1. The van der Waals surface area contributed by atoms with Crippen LogP contribution in [0, 0.1) is 0 Å². The van der Waals surface area contributed by atoms with Gasteiger partial charge in [0.25, 0.3) is 0 Å². The molecule has 1 aromatic rings. The number of ether oxygens (including phenoxy) is 3. The van der Waals surface area contributed by atoms with E-state index in [9.17, 15) is 0 Å². The minimum atomic E-state index is -0.0324. The fourth-order valence-corrected chi connectivity index (χ4v) is 2.16. The van der Waals surface area contributed by atoms with Crippen molar-refractivity contribution in [2.45, 2.75) is 26.4 Å². The van der Waals surface area contributed by atoms with E-state index in [1.807, 2.05) is 6.07 Å². The predicted molar refractivity (Wildman–Crippen MR) is 77.8 cm³/mol. The van der Waals surface area contributed by atoms with E-state index >= 15 is 0 Å². The van der Waals surface area contributed by atoms with Crippen LogP contribution in [-0.2, 0) is 11.3 Å². The minimum absolute atomic E-state index is 0.0324. The molecule has 0 aliphatic rings. The van der Waals surface area contributed by atoms with Gasteiger partial charge in [0.15, 0.2) is 11.5 Å². The van der Waals surface area contributed by atoms with E-state index in [-0.39, 0.29) is 6.61 Å². The van der Waals surface area contributed by atoms with Gasteiger partial charge in [-0.15, -0.1) is 0 Å². The van der Waals surface area contributed by atoms with Crippen LogP contribution in [0.5, 0.6) is 11.5 Å². The summed E-state index contributed by atoms with van der Waals surface area (Å²) in [7, 11) is 1.58. The minimum Gasteiger partial charge on any atom is -0.493 e. The smallest absolute Gasteiger partial charge is 0.175 e. The Hall–Kier alpha value is -0.780. The summed E-state index contributed by atoms with van der Waals surface area (Å²) >= 11 is 3.42. The molecule has 0 saturated heterocycles. The lowest BCUT2D eigenvalue weighted by Crippen LogP contribution is -2.08. The van der Waals surface area contributed by atoms with Gasteiger partial charge in [-0.1, -0.05) is 13.3 Å². The molecule has 0 spiro atoms. The average molecular weight is 333 g/mol. The number of benzene rings is 1. The second kappa shape index (κ2) is 9.18. The molecule has 0 bridgehead atoms. The van der Waals surface area contributed by atoms with Crippen molar-refractivity contribution in [2.24, 2.45) is 0 Å². The monoisotopic (exact) mass is 332 g/mol. The molecule has 4 nitrogen and oxygen atoms in total. The summed E-state index contributed by atoms with van der Waals surface area (Å²) in [5.41, 5.74) is 0.773. The third-order valence-electron chi connectivity index (χ3n) is 2.59. The molecular formula is C14H21BrO4. The van der Waals surface area contributed by atoms with E-state index in [4.69, 9.17) is 19.3 Å². The predicted octanol–water partition coefficient (Wildman–Crippen LogP) is 3.15. The van der Waals surface area contributed by atoms with Gasteiger partial charge in [-0.25, -0.2) is 0 Å². The van der Waals surface area contributed by atoms with E-state index in [1.165, 1.54) is 0 Å². The number of methoxy groups -OCH3 is 1. The maximum atomic E-state index is 9.13. The number of unbranched alkanes of at least 4 members (excludes halogenated alkanes) is 1. The van der Waals surface area contributed by atoms with Crippen LogP contribution in [0.1, 0.15) is 25.3 Å². The number of halogens is 1. The van der Waals surface area contributed by atoms with Crippen molar-refractivity contribution in [1.29, 1.82) is 0 Å². The van der Waals surface area contributed by atoms with Crippen molar-refractivity contribution in [2.75, 3.05) is 26.9 Å². The fraction of sp³-hybridized carbons (Fsp3) is 0.571. The van der Waals surface area contributed by atoms with E-state index in [2.05, 4.69) is 22.9 Å². The van der Waals surface area contributed by atoms with Gasteiger partial charge in [0, 0.05) is 6.61 Å². The Morgan fingerprint density at radius 3 is 2.63 bits per heavy atom. The quantitative estimate of drug-likeness (QED) is 0.706. The normalized spacial score (nSPS) is 10.5. The Bertz CT molecular complexity index is 382. The van der Waals surface area contributed by atoms with Gasteiger partial charge in [-0.3, -0.25) is 0 Å². The summed E-state index contributed by atoms with van der Waals surface area (Å²) in [6.07, 6.45) is 2.20. The maximum Gasteiger partial charge on any atom is 0.175 e. The van der Waals surface area contributed by atoms with Gasteiger partial charge >= 0.3 is 0 Å². The van der Waals surface area contributed by atoms with Gasteiger partial charge in [0.05, 0.1) is 24.8 Å². The van der Waals surface area contributed by atoms with E-state index in [0.29, 0.717) is 24.7 Å². The molecule has 0 saturated carbocycles. The topological polar surface area (TPSA) is 47.9 Å². The number of rotatable bonds is 9. The summed E-state index contributed by atoms with van der Waals surface area (Å²) in [5, 5.41) is 9.13. The molecule has 1 rings (SSSR count). The first-order valence-electron chi connectivity index (χ1n) is 6.40. The molecule has 0 fully saturated rings. The molecule has 1 aromatic carbocycles. The van der Waals surface area contributed by atoms with Crippen LogP contribution in [0.4, 0.5) is 0 Å². The zero-order valence-electron chi connectivity index (χ0n) is 11.4. The molecular weight excluding hydrogens is 312 g/mol. The third kappa shape index (κ3) is 5.38. The highest BCUT2D eigenvalue weighted by molar-refractivity contribution is 9.10. The summed E-state index contributed by atoms with van der Waals surface area (Å²) in [6.45, 7) is 3.88. The second-order valence-corrected chi connectivity index (χ2v) is 4.94. The largest absolute Gasteiger partial charge is 0.493 e. The molecule has 0 heterocycles. The van der Waals surface area contributed by atoms with Crippen molar-refractivity contribution in [3.05, 3.63) is 22.2 Å². The Balaban J connectivity index is 2.52. The Morgan fingerprint density at radius 1 is 1.21 bits per heavy atom. The van der Waals surface area contributed by atoms with Crippen LogP contribution in [0.25, 0.3) is 0 Å². The Labute approximate surface area is 122 Å². The van der Waals surface area contributed by atoms with E-state index in [1.54, 1.807) is 13.2 Å². The van der Waals surface area contributed by atoms with Crippen molar-refractivity contribution in [1.82, 2.24) is 0 Å². The van der Waals surface area contributed by atoms with Crippen molar-refractivity contribution >= 4 is 15.9 Å². The lowest BCUT2D eigenvalue weighted by Gasteiger charge is -2.14. The molecule has 108 valence electrons. The molecule has 0 aliphatic heterocycles. The zero-order valence-corrected chi connectivity index (χ0v) is 13.0. The van der Waals surface area contributed by atoms with E-state index < -0.39 is 0 Å². The first-order valence-corrected chi connectivity index (χ1v) is 7.20. The van der Waals surface area contributed by atoms with Crippen molar-refractivity contribution in [3.8, 4) is 11.5 Å². The molecule has 0 unspecified atom stereocenters. The number of hydrogen-bond donors (Lipinski definition) is 1. The fourth-order valence-electron chi connectivity index (χ4n) is 1.56. The molecule has 0 aromatic heterocycles. The van der Waals surface area contributed by atoms with Gasteiger partial charge in [-0.05, 0) is 40.0 Å². The first-order chi connectivity index (χ1) is 9.22. The van der Waals surface area contributed by atoms with Crippen LogP contribution in [-0.4, -0.2) is 32.0 Å². The van der Waals surface area contributed by atoms with Crippen molar-refractivity contribution < 1.29 is 19.3 Å². The first kappa shape index (κ1) is 16.3. The Morgan fingerprint density at radius 2 is 2.00 bits per heavy atom. The molecule has 5 heteroatoms. The molecule has 0 aliphatic carbocycles. The number of aliphatic hydroxyl groups is 1. The SMILES string of the molecule is CCCCOCCOc1c(Br)cc(CO)cc1OC. The lowest BCUT2D eigenvalue weighted by molar-refractivity contribution is 0.0967. The number of hydrogen-bond acceptors (Lipinski definition) is 4. The molecule has 0 amide bonds. The standard InChI is InChI=1S/C14H21BrO4/c1-3-4-5-18-6-7-19-14-12(15)8-11(10-16)9-13(14)17-2/h8-9,16H,3-7,10H2,1-2H3. The summed E-state index contributed by atoms with van der Waals surface area (Å²) in [6, 6.07) is 3.58.